The molecule has 1 aromatic carbocycles. The minimum Gasteiger partial charge on any atom is -0.489 e. The predicted octanol–water partition coefficient (Wildman–Crippen LogP) is 2.81. The first-order chi connectivity index (χ1) is 10.0. The Morgan fingerprint density at radius 3 is 2.76 bits per heavy atom. The minimum absolute atomic E-state index is 0.214. The molecule has 112 valence electrons. The van der Waals surface area contributed by atoms with E-state index >= 15 is 0 Å². The number of aliphatic hydroxyl groups is 1. The Hall–Kier alpha value is -1.72. The number of anilines is 1. The van der Waals surface area contributed by atoms with E-state index in [4.69, 9.17) is 10.5 Å². The summed E-state index contributed by atoms with van der Waals surface area (Å²) in [6.45, 7) is 4.22. The van der Waals surface area contributed by atoms with Gasteiger partial charge in [-0.25, -0.2) is 4.98 Å². The Balaban J connectivity index is 1.82. The minimum atomic E-state index is -0.572. The van der Waals surface area contributed by atoms with Gasteiger partial charge < -0.3 is 15.6 Å². The number of aliphatic hydroxyl groups excluding tert-OH is 1. The van der Waals surface area contributed by atoms with Gasteiger partial charge in [-0.2, -0.15) is 0 Å². The molecular weight excluding hydrogens is 284 g/mol. The number of nitrogens with zero attached hydrogens (tertiary/aromatic N) is 1. The van der Waals surface area contributed by atoms with Crippen molar-refractivity contribution in [3.63, 3.8) is 0 Å². The number of benzene rings is 1. The highest BCUT2D eigenvalue weighted by Gasteiger charge is 2.09. The van der Waals surface area contributed by atoms with Gasteiger partial charge in [0, 0.05) is 11.4 Å². The summed E-state index contributed by atoms with van der Waals surface area (Å²) in [5.74, 6) is 1.13. The van der Waals surface area contributed by atoms with Crippen molar-refractivity contribution in [2.24, 2.45) is 0 Å². The molecule has 0 aliphatic rings. The lowest BCUT2D eigenvalue weighted by Crippen LogP contribution is -2.20. The molecule has 2 rings (SSSR count). The Labute approximate surface area is 129 Å². The molecular formula is C16H20N2O2S. The van der Waals surface area contributed by atoms with Gasteiger partial charge in [0.05, 0.1) is 16.8 Å². The number of ether oxygens (including phenoxy) is 1. The van der Waals surface area contributed by atoms with Crippen molar-refractivity contribution in [3.8, 4) is 5.75 Å². The number of aromatic nitrogens is 1. The van der Waals surface area contributed by atoms with E-state index in [2.05, 4.69) is 4.98 Å². The fourth-order valence-electron chi connectivity index (χ4n) is 1.91. The molecule has 5 heteroatoms. The molecule has 1 aromatic heterocycles. The first-order valence-electron chi connectivity index (χ1n) is 6.78. The molecule has 1 atom stereocenters. The molecule has 4 nitrogen and oxygen atoms in total. The molecule has 0 spiro atoms. The second-order valence-electron chi connectivity index (χ2n) is 4.94. The average molecular weight is 304 g/mol. The first-order valence-corrected chi connectivity index (χ1v) is 7.76. The van der Waals surface area contributed by atoms with Crippen LogP contribution in [0, 0.1) is 13.8 Å². The number of para-hydroxylation sites is 2. The maximum atomic E-state index is 9.99. The van der Waals surface area contributed by atoms with Gasteiger partial charge in [-0.3, -0.25) is 0 Å². The van der Waals surface area contributed by atoms with Gasteiger partial charge in [0.15, 0.2) is 0 Å². The van der Waals surface area contributed by atoms with Gasteiger partial charge >= 0.3 is 0 Å². The molecule has 0 bridgehead atoms. The molecule has 0 amide bonds. The summed E-state index contributed by atoms with van der Waals surface area (Å²) in [5, 5.41) is 10.9. The van der Waals surface area contributed by atoms with Crippen molar-refractivity contribution < 1.29 is 9.84 Å². The van der Waals surface area contributed by atoms with E-state index in [1.165, 1.54) is 17.3 Å². The third kappa shape index (κ3) is 4.95. The third-order valence-electron chi connectivity index (χ3n) is 2.85. The van der Waals surface area contributed by atoms with Crippen LogP contribution < -0.4 is 10.5 Å². The second-order valence-corrected chi connectivity index (χ2v) is 5.98. The van der Waals surface area contributed by atoms with E-state index in [9.17, 15) is 5.11 Å². The van der Waals surface area contributed by atoms with E-state index in [0.717, 1.165) is 10.7 Å². The summed E-state index contributed by atoms with van der Waals surface area (Å²) in [4.78, 5) is 4.43. The highest BCUT2D eigenvalue weighted by Crippen LogP contribution is 2.21. The van der Waals surface area contributed by atoms with Gasteiger partial charge in [-0.1, -0.05) is 12.1 Å². The van der Waals surface area contributed by atoms with Crippen LogP contribution in [0.4, 0.5) is 5.69 Å². The quantitative estimate of drug-likeness (QED) is 0.634. The number of hydrogen-bond donors (Lipinski definition) is 2. The zero-order chi connectivity index (χ0) is 15.2. The highest BCUT2D eigenvalue weighted by atomic mass is 32.2. The summed E-state index contributed by atoms with van der Waals surface area (Å²) in [7, 11) is 0. The van der Waals surface area contributed by atoms with Crippen molar-refractivity contribution in [1.29, 1.82) is 0 Å². The summed E-state index contributed by atoms with van der Waals surface area (Å²) in [6, 6.07) is 11.3. The number of nitrogens with two attached hydrogens (primary N) is 1. The molecule has 0 aliphatic heterocycles. The van der Waals surface area contributed by atoms with Crippen molar-refractivity contribution in [1.82, 2.24) is 4.98 Å². The molecule has 3 N–H and O–H groups in total. The number of aryl methyl sites for hydroxylation is 2. The lowest BCUT2D eigenvalue weighted by molar-refractivity contribution is 0.127. The largest absolute Gasteiger partial charge is 0.489 e. The maximum Gasteiger partial charge on any atom is 0.142 e. The van der Waals surface area contributed by atoms with Gasteiger partial charge in [-0.15, -0.1) is 11.8 Å². The van der Waals surface area contributed by atoms with E-state index in [0.29, 0.717) is 17.2 Å². The molecule has 0 saturated carbocycles. The Morgan fingerprint density at radius 2 is 2.05 bits per heavy atom. The van der Waals surface area contributed by atoms with Gasteiger partial charge in [0.1, 0.15) is 12.4 Å². The predicted molar refractivity (Wildman–Crippen MR) is 86.8 cm³/mol. The molecule has 1 unspecified atom stereocenters. The van der Waals surface area contributed by atoms with Crippen LogP contribution in [0.3, 0.4) is 0 Å². The Bertz CT molecular complexity index is 584. The molecule has 0 aliphatic carbocycles. The van der Waals surface area contributed by atoms with E-state index < -0.39 is 6.10 Å². The highest BCUT2D eigenvalue weighted by molar-refractivity contribution is 7.99. The first kappa shape index (κ1) is 15.7. The van der Waals surface area contributed by atoms with Crippen LogP contribution in [0.25, 0.3) is 0 Å². The average Bonchev–Trinajstić information content (AvgIpc) is 2.43. The van der Waals surface area contributed by atoms with Crippen LogP contribution in [0.15, 0.2) is 41.4 Å². The maximum absolute atomic E-state index is 9.99. The van der Waals surface area contributed by atoms with Gasteiger partial charge in [-0.05, 0) is 43.7 Å². The topological polar surface area (TPSA) is 68.4 Å². The van der Waals surface area contributed by atoms with Crippen molar-refractivity contribution >= 4 is 17.4 Å². The lowest BCUT2D eigenvalue weighted by atomic mass is 10.3. The molecule has 0 saturated heterocycles. The van der Waals surface area contributed by atoms with E-state index in [1.807, 2.05) is 38.1 Å². The smallest absolute Gasteiger partial charge is 0.142 e. The number of thioether (sulfide) groups is 1. The molecule has 1 heterocycles. The zero-order valence-electron chi connectivity index (χ0n) is 12.2. The van der Waals surface area contributed by atoms with Crippen LogP contribution in [0.1, 0.15) is 11.3 Å². The number of pyridine rings is 1. The fourth-order valence-corrected chi connectivity index (χ4v) is 2.84. The zero-order valence-corrected chi connectivity index (χ0v) is 13.1. The van der Waals surface area contributed by atoms with Crippen LogP contribution in [0.5, 0.6) is 5.75 Å². The molecule has 0 fully saturated rings. The van der Waals surface area contributed by atoms with Gasteiger partial charge in [0.25, 0.3) is 0 Å². The third-order valence-corrected chi connectivity index (χ3v) is 3.90. The number of rotatable bonds is 6. The fraction of sp³-hybridized carbons (Fsp3) is 0.312. The van der Waals surface area contributed by atoms with Crippen LogP contribution in [0.2, 0.25) is 0 Å². The van der Waals surface area contributed by atoms with E-state index in [-0.39, 0.29) is 6.61 Å². The van der Waals surface area contributed by atoms with Crippen molar-refractivity contribution in [3.05, 3.63) is 47.7 Å². The summed E-state index contributed by atoms with van der Waals surface area (Å²) in [6.07, 6.45) is -0.572. The summed E-state index contributed by atoms with van der Waals surface area (Å²) in [5.41, 5.74) is 8.52. The van der Waals surface area contributed by atoms with Crippen molar-refractivity contribution in [2.75, 3.05) is 18.1 Å². The van der Waals surface area contributed by atoms with Crippen LogP contribution in [-0.4, -0.2) is 28.6 Å². The molecule has 0 radical (unpaired) electrons. The van der Waals surface area contributed by atoms with Crippen LogP contribution in [-0.2, 0) is 0 Å². The molecule has 2 aromatic rings. The standard InChI is InChI=1S/C16H20N2O2S/c1-11-7-12(2)18-16(8-11)21-10-13(19)9-20-15-6-4-3-5-14(15)17/h3-8,13,19H,9-10,17H2,1-2H3. The molecule has 21 heavy (non-hydrogen) atoms. The van der Waals surface area contributed by atoms with E-state index in [1.54, 1.807) is 12.1 Å². The number of hydrogen-bond acceptors (Lipinski definition) is 5. The Kier molecular flexibility index (Phi) is 5.47. The van der Waals surface area contributed by atoms with Gasteiger partial charge in [0.2, 0.25) is 0 Å². The monoisotopic (exact) mass is 304 g/mol. The number of nitrogen functional groups attached to an aromatic ring is 1. The van der Waals surface area contributed by atoms with Crippen molar-refractivity contribution in [2.45, 2.75) is 25.0 Å². The van der Waals surface area contributed by atoms with Crippen LogP contribution >= 0.6 is 11.8 Å². The normalized spacial score (nSPS) is 12.1. The summed E-state index contributed by atoms with van der Waals surface area (Å²) >= 11 is 1.52. The Morgan fingerprint density at radius 1 is 1.29 bits per heavy atom. The SMILES string of the molecule is Cc1cc(C)nc(SCC(O)COc2ccccc2N)c1. The second kappa shape index (κ2) is 7.33. The lowest BCUT2D eigenvalue weighted by Gasteiger charge is -2.13. The summed E-state index contributed by atoms with van der Waals surface area (Å²) < 4.78 is 5.53.